The van der Waals surface area contributed by atoms with Crippen molar-refractivity contribution in [2.75, 3.05) is 13.9 Å². The molecule has 0 spiro atoms. The molecular weight excluding hydrogens is 328 g/mol. The maximum Gasteiger partial charge on any atom is 0.333 e. The summed E-state index contributed by atoms with van der Waals surface area (Å²) < 4.78 is 26.9. The predicted octanol–water partition coefficient (Wildman–Crippen LogP) is 2.93. The Morgan fingerprint density at radius 3 is 2.52 bits per heavy atom. The third kappa shape index (κ3) is 4.23. The zero-order valence-electron chi connectivity index (χ0n) is 15.0. The van der Waals surface area contributed by atoms with Crippen molar-refractivity contribution in [1.29, 1.82) is 0 Å². The van der Waals surface area contributed by atoms with E-state index in [-0.39, 0.29) is 6.79 Å². The van der Waals surface area contributed by atoms with Gasteiger partial charge in [-0.15, -0.1) is 0 Å². The first-order valence-corrected chi connectivity index (χ1v) is 7.86. The van der Waals surface area contributed by atoms with Crippen LogP contribution >= 0.6 is 0 Å². The molecule has 0 saturated carbocycles. The minimum atomic E-state index is -0.811. The molecule has 0 N–H and O–H groups in total. The lowest BCUT2D eigenvalue weighted by atomic mass is 10.0. The molecule has 25 heavy (non-hydrogen) atoms. The van der Waals surface area contributed by atoms with Crippen LogP contribution in [-0.2, 0) is 19.1 Å². The summed E-state index contributed by atoms with van der Waals surface area (Å²) in [7, 11) is 1.50. The third-order valence-electron chi connectivity index (χ3n) is 3.78. The maximum atomic E-state index is 12.0. The van der Waals surface area contributed by atoms with Gasteiger partial charge in [-0.2, -0.15) is 0 Å². The van der Waals surface area contributed by atoms with Crippen LogP contribution in [0.4, 0.5) is 0 Å². The number of hydrogen-bond donors (Lipinski definition) is 0. The Morgan fingerprint density at radius 2 is 1.92 bits per heavy atom. The first-order valence-electron chi connectivity index (χ1n) is 7.86. The van der Waals surface area contributed by atoms with E-state index in [1.165, 1.54) is 14.0 Å². The minimum Gasteiger partial charge on any atom is -0.493 e. The molecule has 1 heterocycles. The Morgan fingerprint density at radius 1 is 1.20 bits per heavy atom. The van der Waals surface area contributed by atoms with Crippen LogP contribution in [0.15, 0.2) is 23.8 Å². The summed E-state index contributed by atoms with van der Waals surface area (Å²) in [5.41, 5.74) is 1.05. The van der Waals surface area contributed by atoms with Crippen molar-refractivity contribution in [3.8, 4) is 17.2 Å². The fraction of sp³-hybridized carbons (Fsp3) is 0.444. The summed E-state index contributed by atoms with van der Waals surface area (Å²) in [6, 6.07) is 3.36. The molecule has 2 rings (SSSR count). The molecule has 0 saturated heterocycles. The van der Waals surface area contributed by atoms with Crippen LogP contribution in [0.1, 0.15) is 39.4 Å². The van der Waals surface area contributed by atoms with E-state index < -0.39 is 24.1 Å². The largest absolute Gasteiger partial charge is 0.493 e. The molecule has 0 amide bonds. The number of rotatable bonds is 6. The highest BCUT2D eigenvalue weighted by atomic mass is 16.7. The summed E-state index contributed by atoms with van der Waals surface area (Å²) in [4.78, 5) is 23.6. The number of carbonyl (C=O) groups is 2. The molecule has 7 nitrogen and oxygen atoms in total. The number of ether oxygens (including phenoxy) is 5. The lowest BCUT2D eigenvalue weighted by Crippen LogP contribution is -2.26. The number of benzene rings is 1. The van der Waals surface area contributed by atoms with E-state index >= 15 is 0 Å². The summed E-state index contributed by atoms with van der Waals surface area (Å²) in [5, 5.41) is 0. The van der Waals surface area contributed by atoms with Gasteiger partial charge in [-0.05, 0) is 32.9 Å². The van der Waals surface area contributed by atoms with Crippen molar-refractivity contribution in [3.63, 3.8) is 0 Å². The number of esters is 2. The second-order valence-corrected chi connectivity index (χ2v) is 5.57. The van der Waals surface area contributed by atoms with Crippen LogP contribution in [0.5, 0.6) is 17.2 Å². The average Bonchev–Trinajstić information content (AvgIpc) is 3.06. The van der Waals surface area contributed by atoms with Crippen LogP contribution in [-0.4, -0.2) is 31.9 Å². The topological polar surface area (TPSA) is 80.3 Å². The highest BCUT2D eigenvalue weighted by Gasteiger charge is 2.30. The summed E-state index contributed by atoms with van der Waals surface area (Å²) >= 11 is 0. The fourth-order valence-electron chi connectivity index (χ4n) is 2.37. The molecule has 1 aromatic carbocycles. The summed E-state index contributed by atoms with van der Waals surface area (Å²) in [6.07, 6.45) is 0.130. The molecule has 0 fully saturated rings. The minimum absolute atomic E-state index is 0.0818. The normalized spacial score (nSPS) is 15.3. The van der Waals surface area contributed by atoms with Crippen molar-refractivity contribution in [3.05, 3.63) is 29.3 Å². The van der Waals surface area contributed by atoms with Gasteiger partial charge >= 0.3 is 11.9 Å². The van der Waals surface area contributed by atoms with Crippen molar-refractivity contribution < 1.29 is 33.3 Å². The maximum absolute atomic E-state index is 12.0. The van der Waals surface area contributed by atoms with Crippen LogP contribution in [0, 0.1) is 0 Å². The van der Waals surface area contributed by atoms with Gasteiger partial charge in [0.15, 0.2) is 17.6 Å². The quantitative estimate of drug-likeness (QED) is 0.576. The molecule has 2 atom stereocenters. The molecule has 0 unspecified atom stereocenters. The SMILES string of the molecule is CC=C(C)C(=O)O[C@@H](C)[C@H](OC(C)=O)c1cc(OC)c2c(c1)OCO2. The molecular formula is C18H22O7. The van der Waals surface area contributed by atoms with Gasteiger partial charge in [0.25, 0.3) is 0 Å². The van der Waals surface area contributed by atoms with Crippen LogP contribution in [0.25, 0.3) is 0 Å². The van der Waals surface area contributed by atoms with Crippen molar-refractivity contribution >= 4 is 11.9 Å². The van der Waals surface area contributed by atoms with E-state index in [4.69, 9.17) is 23.7 Å². The van der Waals surface area contributed by atoms with E-state index in [2.05, 4.69) is 0 Å². The van der Waals surface area contributed by atoms with E-state index in [0.29, 0.717) is 28.4 Å². The first-order chi connectivity index (χ1) is 11.9. The number of carbonyl (C=O) groups excluding carboxylic acids is 2. The van der Waals surface area contributed by atoms with Gasteiger partial charge < -0.3 is 23.7 Å². The lowest BCUT2D eigenvalue weighted by molar-refractivity contribution is -0.163. The first kappa shape index (κ1) is 18.6. The zero-order valence-corrected chi connectivity index (χ0v) is 15.0. The summed E-state index contributed by atoms with van der Waals surface area (Å²) in [5.74, 6) is 0.453. The van der Waals surface area contributed by atoms with Crippen LogP contribution in [0.3, 0.4) is 0 Å². The number of hydrogen-bond acceptors (Lipinski definition) is 7. The van der Waals surface area contributed by atoms with E-state index in [0.717, 1.165) is 0 Å². The molecule has 1 aliphatic rings. The standard InChI is InChI=1S/C18H22O7/c1-6-10(2)18(20)24-11(3)16(25-12(4)19)13-7-14(21-5)17-15(8-13)22-9-23-17/h6-8,11,16H,9H2,1-5H3/t11-,16-/m0/s1. The molecule has 0 bridgehead atoms. The predicted molar refractivity (Wildman–Crippen MR) is 88.6 cm³/mol. The van der Waals surface area contributed by atoms with Gasteiger partial charge in [-0.25, -0.2) is 4.79 Å². The Hall–Kier alpha value is -2.70. The van der Waals surface area contributed by atoms with Crippen LogP contribution < -0.4 is 14.2 Å². The van der Waals surface area contributed by atoms with Gasteiger partial charge in [0.05, 0.1) is 7.11 Å². The van der Waals surface area contributed by atoms with Gasteiger partial charge in [0.1, 0.15) is 6.10 Å². The van der Waals surface area contributed by atoms with Crippen molar-refractivity contribution in [2.24, 2.45) is 0 Å². The third-order valence-corrected chi connectivity index (χ3v) is 3.78. The zero-order chi connectivity index (χ0) is 18.6. The van der Waals surface area contributed by atoms with E-state index in [1.807, 2.05) is 0 Å². The molecule has 0 radical (unpaired) electrons. The molecule has 1 aliphatic heterocycles. The van der Waals surface area contributed by atoms with E-state index in [9.17, 15) is 9.59 Å². The second-order valence-electron chi connectivity index (χ2n) is 5.57. The van der Waals surface area contributed by atoms with E-state index in [1.54, 1.807) is 39.0 Å². The summed E-state index contributed by atoms with van der Waals surface area (Å²) in [6.45, 7) is 6.43. The van der Waals surface area contributed by atoms with Crippen molar-refractivity contribution in [1.82, 2.24) is 0 Å². The molecule has 136 valence electrons. The number of methoxy groups -OCH3 is 1. The molecule has 0 aromatic heterocycles. The van der Waals surface area contributed by atoms with Gasteiger partial charge in [-0.1, -0.05) is 6.08 Å². The van der Waals surface area contributed by atoms with Gasteiger partial charge in [0, 0.05) is 18.1 Å². The Kier molecular flexibility index (Phi) is 5.90. The number of allylic oxidation sites excluding steroid dienone is 1. The van der Waals surface area contributed by atoms with Crippen LogP contribution in [0.2, 0.25) is 0 Å². The highest BCUT2D eigenvalue weighted by Crippen LogP contribution is 2.44. The lowest BCUT2D eigenvalue weighted by Gasteiger charge is -2.25. The monoisotopic (exact) mass is 350 g/mol. The number of fused-ring (bicyclic) bond motifs is 1. The Labute approximate surface area is 146 Å². The van der Waals surface area contributed by atoms with Gasteiger partial charge in [-0.3, -0.25) is 4.79 Å². The van der Waals surface area contributed by atoms with Gasteiger partial charge in [0.2, 0.25) is 12.5 Å². The molecule has 0 aliphatic carbocycles. The Balaban J connectivity index is 2.34. The second kappa shape index (κ2) is 7.92. The Bertz CT molecular complexity index is 693. The smallest absolute Gasteiger partial charge is 0.333 e. The highest BCUT2D eigenvalue weighted by molar-refractivity contribution is 5.87. The fourth-order valence-corrected chi connectivity index (χ4v) is 2.37. The molecule has 7 heteroatoms. The molecule has 1 aromatic rings. The van der Waals surface area contributed by atoms with Crippen molar-refractivity contribution in [2.45, 2.75) is 39.9 Å². The average molecular weight is 350 g/mol.